The van der Waals surface area contributed by atoms with Gasteiger partial charge in [-0.3, -0.25) is 4.79 Å². The lowest BCUT2D eigenvalue weighted by Crippen LogP contribution is -2.18. The van der Waals surface area contributed by atoms with Crippen molar-refractivity contribution in [3.05, 3.63) is 43.0 Å². The number of nitrogens with one attached hydrogen (secondary N) is 1. The van der Waals surface area contributed by atoms with Gasteiger partial charge in [-0.1, -0.05) is 20.8 Å². The maximum absolute atomic E-state index is 11.8. The molecule has 0 radical (unpaired) electrons. The third-order valence-electron chi connectivity index (χ3n) is 2.59. The molecule has 20 heavy (non-hydrogen) atoms. The SMILES string of the molecule is CC(C)(C)SCC(=O)Nc1ccc(-n2ccnc2)cc1. The highest BCUT2D eigenvalue weighted by molar-refractivity contribution is 8.01. The zero-order valence-electron chi connectivity index (χ0n) is 12.0. The Morgan fingerprint density at radius 1 is 1.30 bits per heavy atom. The summed E-state index contributed by atoms with van der Waals surface area (Å²) in [6, 6.07) is 7.70. The summed E-state index contributed by atoms with van der Waals surface area (Å²) in [7, 11) is 0. The first-order valence-corrected chi connectivity index (χ1v) is 7.45. The molecule has 2 aromatic rings. The molecule has 1 N–H and O–H groups in total. The summed E-state index contributed by atoms with van der Waals surface area (Å²) in [5.74, 6) is 0.493. The number of hydrogen-bond donors (Lipinski definition) is 1. The van der Waals surface area contributed by atoms with Crippen molar-refractivity contribution in [3.8, 4) is 5.69 Å². The number of benzene rings is 1. The number of imidazole rings is 1. The van der Waals surface area contributed by atoms with Gasteiger partial charge in [0.05, 0.1) is 12.1 Å². The Kier molecular flexibility index (Phi) is 4.49. The van der Waals surface area contributed by atoms with Crippen LogP contribution in [0.15, 0.2) is 43.0 Å². The van der Waals surface area contributed by atoms with Gasteiger partial charge in [0, 0.05) is 28.5 Å². The molecule has 4 nitrogen and oxygen atoms in total. The first-order valence-electron chi connectivity index (χ1n) is 6.46. The molecule has 0 atom stereocenters. The number of aromatic nitrogens is 2. The molecule has 1 aromatic heterocycles. The molecule has 5 heteroatoms. The van der Waals surface area contributed by atoms with E-state index in [1.165, 1.54) is 0 Å². The van der Waals surface area contributed by atoms with Crippen LogP contribution in [0, 0.1) is 0 Å². The van der Waals surface area contributed by atoms with Gasteiger partial charge in [-0.2, -0.15) is 0 Å². The maximum atomic E-state index is 11.8. The van der Waals surface area contributed by atoms with Crippen LogP contribution in [-0.2, 0) is 4.79 Å². The Bertz CT molecular complexity index is 556. The largest absolute Gasteiger partial charge is 0.325 e. The second kappa shape index (κ2) is 6.13. The minimum absolute atomic E-state index is 0.0281. The zero-order chi connectivity index (χ0) is 14.6. The topological polar surface area (TPSA) is 46.9 Å². The second-order valence-corrected chi connectivity index (χ2v) is 7.27. The Balaban J connectivity index is 1.92. The highest BCUT2D eigenvalue weighted by atomic mass is 32.2. The summed E-state index contributed by atoms with van der Waals surface area (Å²) in [4.78, 5) is 15.8. The van der Waals surface area contributed by atoms with Gasteiger partial charge in [-0.05, 0) is 24.3 Å². The Labute approximate surface area is 123 Å². The molecule has 0 fully saturated rings. The molecule has 0 bridgehead atoms. The van der Waals surface area contributed by atoms with E-state index in [4.69, 9.17) is 0 Å². The van der Waals surface area contributed by atoms with Crippen LogP contribution in [0.25, 0.3) is 5.69 Å². The van der Waals surface area contributed by atoms with Gasteiger partial charge in [0.2, 0.25) is 5.91 Å². The molecule has 1 heterocycles. The van der Waals surface area contributed by atoms with Crippen LogP contribution in [0.5, 0.6) is 0 Å². The third-order valence-corrected chi connectivity index (χ3v) is 3.86. The van der Waals surface area contributed by atoms with Crippen LogP contribution in [0.1, 0.15) is 20.8 Å². The van der Waals surface area contributed by atoms with E-state index in [1.54, 1.807) is 24.3 Å². The number of hydrogen-bond acceptors (Lipinski definition) is 3. The third kappa shape index (κ3) is 4.42. The van der Waals surface area contributed by atoms with Gasteiger partial charge in [-0.25, -0.2) is 4.98 Å². The van der Waals surface area contributed by atoms with E-state index in [0.717, 1.165) is 11.4 Å². The van der Waals surface area contributed by atoms with Crippen LogP contribution in [0.2, 0.25) is 0 Å². The molecule has 2 rings (SSSR count). The molecule has 106 valence electrons. The molecule has 0 spiro atoms. The summed E-state index contributed by atoms with van der Waals surface area (Å²) in [6.45, 7) is 6.31. The molecule has 1 aromatic carbocycles. The molecule has 0 saturated heterocycles. The van der Waals surface area contributed by atoms with Gasteiger partial charge in [-0.15, -0.1) is 11.8 Å². The highest BCUT2D eigenvalue weighted by Crippen LogP contribution is 2.23. The predicted molar refractivity (Wildman–Crippen MR) is 84.4 cm³/mol. The Morgan fingerprint density at radius 3 is 2.55 bits per heavy atom. The van der Waals surface area contributed by atoms with E-state index in [-0.39, 0.29) is 10.7 Å². The monoisotopic (exact) mass is 289 g/mol. The van der Waals surface area contributed by atoms with Gasteiger partial charge in [0.25, 0.3) is 0 Å². The van der Waals surface area contributed by atoms with E-state index < -0.39 is 0 Å². The molecule has 0 saturated carbocycles. The average molecular weight is 289 g/mol. The van der Waals surface area contributed by atoms with E-state index in [1.807, 2.05) is 35.0 Å². The molecular formula is C15H19N3OS. The lowest BCUT2D eigenvalue weighted by molar-refractivity contribution is -0.113. The van der Waals surface area contributed by atoms with Crippen LogP contribution >= 0.6 is 11.8 Å². The van der Waals surface area contributed by atoms with E-state index in [0.29, 0.717) is 5.75 Å². The zero-order valence-corrected chi connectivity index (χ0v) is 12.8. The average Bonchev–Trinajstić information content (AvgIpc) is 2.90. The molecule has 0 aliphatic heterocycles. The summed E-state index contributed by atoms with van der Waals surface area (Å²) < 4.78 is 2.02. The van der Waals surface area contributed by atoms with Crippen LogP contribution < -0.4 is 5.32 Å². The first-order chi connectivity index (χ1) is 9.44. The number of carbonyl (C=O) groups excluding carboxylic acids is 1. The Hall–Kier alpha value is -1.75. The fraction of sp³-hybridized carbons (Fsp3) is 0.333. The minimum Gasteiger partial charge on any atom is -0.325 e. The fourth-order valence-corrected chi connectivity index (χ4v) is 2.24. The van der Waals surface area contributed by atoms with E-state index in [2.05, 4.69) is 31.1 Å². The molecular weight excluding hydrogens is 270 g/mol. The van der Waals surface area contributed by atoms with Gasteiger partial charge in [0.15, 0.2) is 0 Å². The minimum atomic E-state index is 0.0281. The van der Waals surface area contributed by atoms with Crippen molar-refractivity contribution < 1.29 is 4.79 Å². The van der Waals surface area contributed by atoms with Crippen molar-refractivity contribution in [1.82, 2.24) is 9.55 Å². The normalized spacial score (nSPS) is 11.3. The summed E-state index contributed by atoms with van der Waals surface area (Å²) >= 11 is 1.64. The smallest absolute Gasteiger partial charge is 0.234 e. The quantitative estimate of drug-likeness (QED) is 0.939. The van der Waals surface area contributed by atoms with Crippen molar-refractivity contribution in [2.24, 2.45) is 0 Å². The van der Waals surface area contributed by atoms with Crippen molar-refractivity contribution in [2.75, 3.05) is 11.1 Å². The highest BCUT2D eigenvalue weighted by Gasteiger charge is 2.13. The molecule has 1 amide bonds. The van der Waals surface area contributed by atoms with E-state index >= 15 is 0 Å². The number of anilines is 1. The first kappa shape index (κ1) is 14.7. The summed E-state index contributed by atoms with van der Waals surface area (Å²) in [5, 5.41) is 2.90. The standard InChI is InChI=1S/C15H19N3OS/c1-15(2,3)20-10-14(19)17-12-4-6-13(7-5-12)18-9-8-16-11-18/h4-9,11H,10H2,1-3H3,(H,17,19). The molecule has 0 aliphatic rings. The van der Waals surface area contributed by atoms with Crippen LogP contribution in [-0.4, -0.2) is 26.0 Å². The van der Waals surface area contributed by atoms with Crippen LogP contribution in [0.3, 0.4) is 0 Å². The second-order valence-electron chi connectivity index (χ2n) is 5.47. The number of thioether (sulfide) groups is 1. The maximum Gasteiger partial charge on any atom is 0.234 e. The van der Waals surface area contributed by atoms with Crippen molar-refractivity contribution in [2.45, 2.75) is 25.5 Å². The Morgan fingerprint density at radius 2 is 2.00 bits per heavy atom. The summed E-state index contributed by atoms with van der Waals surface area (Å²) in [6.07, 6.45) is 5.36. The van der Waals surface area contributed by atoms with Crippen molar-refractivity contribution in [1.29, 1.82) is 0 Å². The van der Waals surface area contributed by atoms with Gasteiger partial charge in [0.1, 0.15) is 0 Å². The summed E-state index contributed by atoms with van der Waals surface area (Å²) in [5.41, 5.74) is 1.83. The van der Waals surface area contributed by atoms with E-state index in [9.17, 15) is 4.79 Å². The van der Waals surface area contributed by atoms with Gasteiger partial charge >= 0.3 is 0 Å². The van der Waals surface area contributed by atoms with Crippen molar-refractivity contribution in [3.63, 3.8) is 0 Å². The predicted octanol–water partition coefficient (Wildman–Crippen LogP) is 3.34. The van der Waals surface area contributed by atoms with Crippen molar-refractivity contribution >= 4 is 23.4 Å². The molecule has 0 aliphatic carbocycles. The lowest BCUT2D eigenvalue weighted by Gasteiger charge is -2.17. The number of rotatable bonds is 4. The van der Waals surface area contributed by atoms with Gasteiger partial charge < -0.3 is 9.88 Å². The van der Waals surface area contributed by atoms with Crippen LogP contribution in [0.4, 0.5) is 5.69 Å². The number of carbonyl (C=O) groups is 1. The molecule has 0 unspecified atom stereocenters. The lowest BCUT2D eigenvalue weighted by atomic mass is 10.3. The number of amides is 1. The fourth-order valence-electron chi connectivity index (χ4n) is 1.61. The number of nitrogens with zero attached hydrogens (tertiary/aromatic N) is 2.